The van der Waals surface area contributed by atoms with Gasteiger partial charge in [-0.3, -0.25) is 19.5 Å². The number of rotatable bonds is 8. The largest absolute Gasteiger partial charge is 0.493 e. The molecule has 1 aromatic carbocycles. The van der Waals surface area contributed by atoms with Crippen LogP contribution >= 0.6 is 11.8 Å². The summed E-state index contributed by atoms with van der Waals surface area (Å²) in [6.07, 6.45) is 3.32. The highest BCUT2D eigenvalue weighted by Gasteiger charge is 2.38. The van der Waals surface area contributed by atoms with Crippen LogP contribution in [0.3, 0.4) is 0 Å². The summed E-state index contributed by atoms with van der Waals surface area (Å²) >= 11 is 1.41. The minimum Gasteiger partial charge on any atom is -0.493 e. The molecule has 5 nitrogen and oxygen atoms in total. The van der Waals surface area contributed by atoms with Gasteiger partial charge in [0.05, 0.1) is 23.6 Å². The fourth-order valence-electron chi connectivity index (χ4n) is 2.88. The Morgan fingerprint density at radius 2 is 1.71 bits per heavy atom. The zero-order valence-electron chi connectivity index (χ0n) is 16.3. The van der Waals surface area contributed by atoms with Crippen LogP contribution in [0, 0.1) is 5.92 Å². The number of hydrogen-bond acceptors (Lipinski definition) is 5. The average molecular weight is 397 g/mol. The number of carbonyl (C=O) groups excluding carboxylic acids is 2. The summed E-state index contributed by atoms with van der Waals surface area (Å²) in [7, 11) is 0. The molecular weight excluding hydrogens is 372 g/mol. The molecule has 0 radical (unpaired) electrons. The van der Waals surface area contributed by atoms with Gasteiger partial charge in [-0.05, 0) is 47.1 Å². The second-order valence-electron chi connectivity index (χ2n) is 6.92. The van der Waals surface area contributed by atoms with Gasteiger partial charge in [0, 0.05) is 12.4 Å². The van der Waals surface area contributed by atoms with Crippen molar-refractivity contribution >= 4 is 29.1 Å². The molecule has 146 valence electrons. The van der Waals surface area contributed by atoms with Crippen molar-refractivity contribution in [1.82, 2.24) is 9.88 Å². The summed E-state index contributed by atoms with van der Waals surface area (Å²) in [5, 5.41) is 0. The van der Waals surface area contributed by atoms with Crippen molar-refractivity contribution in [3.8, 4) is 5.75 Å². The molecular formula is C22H24N2O3S. The molecule has 0 saturated carbocycles. The Labute approximate surface area is 169 Å². The third-order valence-electron chi connectivity index (χ3n) is 4.23. The maximum absolute atomic E-state index is 13.1. The van der Waals surface area contributed by atoms with E-state index in [9.17, 15) is 9.59 Å². The Morgan fingerprint density at radius 1 is 1.04 bits per heavy atom. The van der Waals surface area contributed by atoms with Gasteiger partial charge in [-0.15, -0.1) is 11.8 Å². The van der Waals surface area contributed by atoms with Gasteiger partial charge >= 0.3 is 0 Å². The summed E-state index contributed by atoms with van der Waals surface area (Å²) in [5.74, 6) is 1.42. The summed E-state index contributed by atoms with van der Waals surface area (Å²) < 4.78 is 5.72. The van der Waals surface area contributed by atoms with Crippen molar-refractivity contribution in [1.29, 1.82) is 0 Å². The van der Waals surface area contributed by atoms with E-state index in [1.54, 1.807) is 12.4 Å². The molecule has 3 rings (SSSR count). The summed E-state index contributed by atoms with van der Waals surface area (Å²) in [6.45, 7) is 7.03. The minimum atomic E-state index is -0.256. The van der Waals surface area contributed by atoms with Gasteiger partial charge in [-0.2, -0.15) is 0 Å². The van der Waals surface area contributed by atoms with E-state index in [1.165, 1.54) is 16.7 Å². The van der Waals surface area contributed by atoms with Crippen molar-refractivity contribution < 1.29 is 14.3 Å². The number of imide groups is 1. The third kappa shape index (κ3) is 4.44. The van der Waals surface area contributed by atoms with Crippen molar-refractivity contribution in [2.45, 2.75) is 27.3 Å². The number of hydrogen-bond donors (Lipinski definition) is 0. The molecule has 0 fully saturated rings. The molecule has 2 aromatic rings. The third-order valence-corrected chi connectivity index (χ3v) is 5.19. The quantitative estimate of drug-likeness (QED) is 0.628. The van der Waals surface area contributed by atoms with Gasteiger partial charge in [-0.25, -0.2) is 0 Å². The fraction of sp³-hybridized carbons (Fsp3) is 0.318. The van der Waals surface area contributed by atoms with Crippen LogP contribution in [0.25, 0.3) is 5.57 Å². The van der Waals surface area contributed by atoms with Crippen molar-refractivity contribution in [2.24, 2.45) is 5.92 Å². The predicted octanol–water partition coefficient (Wildman–Crippen LogP) is 4.15. The molecule has 1 aromatic heterocycles. The molecule has 1 aliphatic rings. The smallest absolute Gasteiger partial charge is 0.268 e. The zero-order chi connectivity index (χ0) is 20.1. The molecule has 2 amide bonds. The summed E-state index contributed by atoms with van der Waals surface area (Å²) in [5.41, 5.74) is 2.08. The molecule has 0 aliphatic carbocycles. The summed E-state index contributed by atoms with van der Waals surface area (Å²) in [4.78, 5) is 31.8. The molecule has 0 saturated heterocycles. The number of nitrogens with zero attached hydrogens (tertiary/aromatic N) is 2. The maximum atomic E-state index is 13.1. The van der Waals surface area contributed by atoms with Crippen LogP contribution in [0.2, 0.25) is 0 Å². The Balaban J connectivity index is 1.86. The first-order chi connectivity index (χ1) is 13.5. The van der Waals surface area contributed by atoms with Crippen molar-refractivity contribution in [2.75, 3.05) is 12.4 Å². The van der Waals surface area contributed by atoms with E-state index in [4.69, 9.17) is 4.74 Å². The first kappa shape index (κ1) is 20.1. The topological polar surface area (TPSA) is 59.5 Å². The van der Waals surface area contributed by atoms with Crippen LogP contribution < -0.4 is 4.74 Å². The van der Waals surface area contributed by atoms with Crippen molar-refractivity contribution in [3.05, 3.63) is 64.8 Å². The van der Waals surface area contributed by atoms with E-state index in [0.29, 0.717) is 23.0 Å². The number of aromatic nitrogens is 1. The van der Waals surface area contributed by atoms with Gasteiger partial charge in [0.2, 0.25) is 0 Å². The highest BCUT2D eigenvalue weighted by Crippen LogP contribution is 2.37. The van der Waals surface area contributed by atoms with Crippen LogP contribution in [0.5, 0.6) is 5.75 Å². The van der Waals surface area contributed by atoms with E-state index in [0.717, 1.165) is 22.6 Å². The monoisotopic (exact) mass is 396 g/mol. The summed E-state index contributed by atoms with van der Waals surface area (Å²) in [6, 6.07) is 11.0. The van der Waals surface area contributed by atoms with Gasteiger partial charge in [0.1, 0.15) is 5.75 Å². The molecule has 0 atom stereocenters. The van der Waals surface area contributed by atoms with E-state index in [-0.39, 0.29) is 18.4 Å². The lowest BCUT2D eigenvalue weighted by molar-refractivity contribution is -0.137. The maximum Gasteiger partial charge on any atom is 0.268 e. The van der Waals surface area contributed by atoms with Gasteiger partial charge in [0.15, 0.2) is 0 Å². The fourth-order valence-corrected chi connectivity index (χ4v) is 3.75. The lowest BCUT2D eigenvalue weighted by Gasteiger charge is -2.15. The number of benzene rings is 1. The Morgan fingerprint density at radius 3 is 2.32 bits per heavy atom. The molecule has 0 spiro atoms. The Hall–Kier alpha value is -2.60. The van der Waals surface area contributed by atoms with E-state index >= 15 is 0 Å². The van der Waals surface area contributed by atoms with Crippen LogP contribution in [-0.4, -0.2) is 34.1 Å². The molecule has 28 heavy (non-hydrogen) atoms. The number of amides is 2. The average Bonchev–Trinajstić information content (AvgIpc) is 2.92. The predicted molar refractivity (Wildman–Crippen MR) is 112 cm³/mol. The Bertz CT molecular complexity index is 876. The molecule has 2 heterocycles. The molecule has 0 N–H and O–H groups in total. The van der Waals surface area contributed by atoms with Gasteiger partial charge in [0.25, 0.3) is 11.8 Å². The highest BCUT2D eigenvalue weighted by molar-refractivity contribution is 8.04. The minimum absolute atomic E-state index is 0.233. The first-order valence-corrected chi connectivity index (χ1v) is 10.3. The first-order valence-electron chi connectivity index (χ1n) is 9.36. The van der Waals surface area contributed by atoms with Crippen molar-refractivity contribution in [3.63, 3.8) is 0 Å². The van der Waals surface area contributed by atoms with E-state index in [2.05, 4.69) is 18.8 Å². The molecule has 6 heteroatoms. The van der Waals surface area contributed by atoms with Crippen LogP contribution in [-0.2, 0) is 16.1 Å². The van der Waals surface area contributed by atoms with E-state index < -0.39 is 0 Å². The van der Waals surface area contributed by atoms with E-state index in [1.807, 2.05) is 43.3 Å². The number of pyridine rings is 1. The Kier molecular flexibility index (Phi) is 6.52. The van der Waals surface area contributed by atoms with Gasteiger partial charge in [-0.1, -0.05) is 32.9 Å². The van der Waals surface area contributed by atoms with Gasteiger partial charge < -0.3 is 4.74 Å². The molecule has 1 aliphatic heterocycles. The lowest BCUT2D eigenvalue weighted by atomic mass is 10.1. The number of carbonyl (C=O) groups is 2. The van der Waals surface area contributed by atoms with Crippen LogP contribution in [0.1, 0.15) is 31.9 Å². The number of thioether (sulfide) groups is 1. The standard InChI is InChI=1S/C22H24N2O3S/c1-4-28-20-19(17-5-7-18(8-6-17)27-14-15(2)3)21(25)24(22(20)26)13-16-9-11-23-12-10-16/h5-12,15H,4,13-14H2,1-3H3. The second kappa shape index (κ2) is 9.06. The number of ether oxygens (including phenoxy) is 1. The van der Waals surface area contributed by atoms with Crippen LogP contribution in [0.15, 0.2) is 53.7 Å². The zero-order valence-corrected chi connectivity index (χ0v) is 17.2. The highest BCUT2D eigenvalue weighted by atomic mass is 32.2. The second-order valence-corrected chi connectivity index (χ2v) is 8.19. The lowest BCUT2D eigenvalue weighted by Crippen LogP contribution is -2.30. The normalized spacial score (nSPS) is 14.4. The molecule has 0 unspecified atom stereocenters. The van der Waals surface area contributed by atoms with Crippen LogP contribution in [0.4, 0.5) is 0 Å². The molecule has 0 bridgehead atoms. The SMILES string of the molecule is CCSC1=C(c2ccc(OCC(C)C)cc2)C(=O)N(Cc2ccncc2)C1=O.